The third kappa shape index (κ3) is 3.74. The Morgan fingerprint density at radius 3 is 2.75 bits per heavy atom. The van der Waals surface area contributed by atoms with Crippen molar-refractivity contribution in [3.63, 3.8) is 0 Å². The van der Waals surface area contributed by atoms with Crippen LogP contribution in [-0.2, 0) is 5.75 Å². The van der Waals surface area contributed by atoms with Crippen molar-refractivity contribution in [3.05, 3.63) is 63.9 Å². The average Bonchev–Trinajstić information content (AvgIpc) is 2.45. The Kier molecular flexibility index (Phi) is 5.03. The second-order valence-corrected chi connectivity index (χ2v) is 6.00. The monoisotopic (exact) mass is 354 g/mol. The van der Waals surface area contributed by atoms with Crippen molar-refractivity contribution in [2.75, 3.05) is 0 Å². The molecule has 0 radical (unpaired) electrons. The zero-order valence-corrected chi connectivity index (χ0v) is 12.8. The summed E-state index contributed by atoms with van der Waals surface area (Å²) in [5.74, 6) is 0.0466. The molecule has 0 fully saturated rings. The van der Waals surface area contributed by atoms with Gasteiger partial charge in [-0.25, -0.2) is 4.39 Å². The number of nitrogens with two attached hydrogens (primary N) is 1. The van der Waals surface area contributed by atoms with Gasteiger partial charge in [-0.05, 0) is 29.8 Å². The fourth-order valence-corrected chi connectivity index (χ4v) is 3.09. The first-order valence-electron chi connectivity index (χ1n) is 5.75. The lowest BCUT2D eigenvalue weighted by Crippen LogP contribution is -2.13. The maximum atomic E-state index is 13.9. The molecule has 0 atom stereocenters. The molecule has 0 unspecified atom stereocenters. The number of nitrogens with zero attached hydrogens (tertiary/aromatic N) is 1. The smallest absolute Gasteiger partial charge is 0.170 e. The minimum atomic E-state index is -0.364. The summed E-state index contributed by atoms with van der Waals surface area (Å²) in [5, 5.41) is 11.4. The minimum Gasteiger partial charge on any atom is -0.409 e. The molecule has 0 aliphatic carbocycles. The summed E-state index contributed by atoms with van der Waals surface area (Å²) >= 11 is 4.94. The molecule has 0 saturated carbocycles. The van der Waals surface area contributed by atoms with Crippen LogP contribution in [0.15, 0.2) is 57.0 Å². The van der Waals surface area contributed by atoms with Crippen molar-refractivity contribution < 1.29 is 9.60 Å². The number of thioether (sulfide) groups is 1. The van der Waals surface area contributed by atoms with Crippen LogP contribution in [0.2, 0.25) is 0 Å². The number of hydrogen-bond donors (Lipinski definition) is 2. The molecule has 104 valence electrons. The molecule has 0 saturated heterocycles. The number of benzene rings is 2. The predicted octanol–water partition coefficient (Wildman–Crippen LogP) is 3.98. The quantitative estimate of drug-likeness (QED) is 0.287. The van der Waals surface area contributed by atoms with Crippen LogP contribution in [0.25, 0.3) is 0 Å². The number of hydrogen-bond acceptors (Lipinski definition) is 3. The zero-order valence-electron chi connectivity index (χ0n) is 10.4. The molecule has 3 N–H and O–H groups in total. The number of oxime groups is 1. The van der Waals surface area contributed by atoms with Gasteiger partial charge in [-0.15, -0.1) is 11.8 Å². The van der Waals surface area contributed by atoms with E-state index < -0.39 is 0 Å². The molecule has 6 heteroatoms. The molecule has 2 rings (SSSR count). The summed E-state index contributed by atoms with van der Waals surface area (Å²) in [6.45, 7) is 0. The van der Waals surface area contributed by atoms with E-state index in [1.807, 2.05) is 24.3 Å². The van der Waals surface area contributed by atoms with E-state index >= 15 is 0 Å². The summed E-state index contributed by atoms with van der Waals surface area (Å²) in [4.78, 5) is 1.05. The molecule has 0 aliphatic heterocycles. The van der Waals surface area contributed by atoms with Gasteiger partial charge in [-0.1, -0.05) is 39.3 Å². The predicted molar refractivity (Wildman–Crippen MR) is 82.6 cm³/mol. The van der Waals surface area contributed by atoms with E-state index in [1.165, 1.54) is 6.07 Å². The lowest BCUT2D eigenvalue weighted by molar-refractivity contribution is 0.318. The van der Waals surface area contributed by atoms with Gasteiger partial charge in [0.25, 0.3) is 0 Å². The van der Waals surface area contributed by atoms with Crippen LogP contribution < -0.4 is 5.73 Å². The molecule has 3 nitrogen and oxygen atoms in total. The van der Waals surface area contributed by atoms with Gasteiger partial charge in [0.15, 0.2) is 5.84 Å². The van der Waals surface area contributed by atoms with E-state index in [0.29, 0.717) is 16.9 Å². The van der Waals surface area contributed by atoms with Crippen molar-refractivity contribution in [3.8, 4) is 0 Å². The Morgan fingerprint density at radius 2 is 2.10 bits per heavy atom. The van der Waals surface area contributed by atoms with Gasteiger partial charge in [0.1, 0.15) is 5.82 Å². The molecule has 0 aromatic heterocycles. The van der Waals surface area contributed by atoms with Crippen LogP contribution in [0.3, 0.4) is 0 Å². The molecule has 0 spiro atoms. The molecular weight excluding hydrogens is 343 g/mol. The Hall–Kier alpha value is -1.53. The van der Waals surface area contributed by atoms with E-state index in [1.54, 1.807) is 23.9 Å². The summed E-state index contributed by atoms with van der Waals surface area (Å²) in [7, 11) is 0. The molecule has 0 heterocycles. The van der Waals surface area contributed by atoms with E-state index in [4.69, 9.17) is 10.9 Å². The normalized spacial score (nSPS) is 11.6. The third-order valence-electron chi connectivity index (χ3n) is 2.65. The van der Waals surface area contributed by atoms with Gasteiger partial charge in [0.2, 0.25) is 0 Å². The first kappa shape index (κ1) is 14.9. The Bertz CT molecular complexity index is 649. The van der Waals surface area contributed by atoms with Crippen molar-refractivity contribution in [1.29, 1.82) is 0 Å². The van der Waals surface area contributed by atoms with Crippen LogP contribution in [0, 0.1) is 5.82 Å². The first-order valence-corrected chi connectivity index (χ1v) is 7.52. The van der Waals surface area contributed by atoms with Gasteiger partial charge in [-0.3, -0.25) is 0 Å². The SMILES string of the molecule is NC(=NO)c1ccc(CSc2cccc(Br)c2)c(F)c1. The summed E-state index contributed by atoms with van der Waals surface area (Å²) in [6, 6.07) is 12.4. The second-order valence-electron chi connectivity index (χ2n) is 4.04. The molecule has 2 aromatic carbocycles. The third-order valence-corrected chi connectivity index (χ3v) is 4.18. The summed E-state index contributed by atoms with van der Waals surface area (Å²) in [6.07, 6.45) is 0. The van der Waals surface area contributed by atoms with Crippen molar-refractivity contribution in [2.45, 2.75) is 10.6 Å². The van der Waals surface area contributed by atoms with Crippen LogP contribution in [0.4, 0.5) is 4.39 Å². The number of halogens is 2. The van der Waals surface area contributed by atoms with E-state index in [-0.39, 0.29) is 11.7 Å². The highest BCUT2D eigenvalue weighted by Gasteiger charge is 2.07. The van der Waals surface area contributed by atoms with Gasteiger partial charge in [0, 0.05) is 20.7 Å². The van der Waals surface area contributed by atoms with Crippen LogP contribution in [0.5, 0.6) is 0 Å². The number of rotatable bonds is 4. The first-order chi connectivity index (χ1) is 9.60. The number of amidine groups is 1. The molecule has 0 amide bonds. The Balaban J connectivity index is 2.11. The highest BCUT2D eigenvalue weighted by Crippen LogP contribution is 2.26. The largest absolute Gasteiger partial charge is 0.409 e. The minimum absolute atomic E-state index is 0.102. The Labute approximate surface area is 128 Å². The van der Waals surface area contributed by atoms with E-state index in [0.717, 1.165) is 9.37 Å². The van der Waals surface area contributed by atoms with Gasteiger partial charge < -0.3 is 10.9 Å². The fraction of sp³-hybridized carbons (Fsp3) is 0.0714. The molecule has 2 aromatic rings. The van der Waals surface area contributed by atoms with Crippen LogP contribution in [-0.4, -0.2) is 11.0 Å². The van der Waals surface area contributed by atoms with Gasteiger partial charge in [0.05, 0.1) is 0 Å². The van der Waals surface area contributed by atoms with Gasteiger partial charge >= 0.3 is 0 Å². The maximum Gasteiger partial charge on any atom is 0.170 e. The highest BCUT2D eigenvalue weighted by atomic mass is 79.9. The molecule has 0 bridgehead atoms. The Morgan fingerprint density at radius 1 is 1.30 bits per heavy atom. The molecule has 20 heavy (non-hydrogen) atoms. The molecule has 0 aliphatic rings. The van der Waals surface area contributed by atoms with Crippen molar-refractivity contribution in [2.24, 2.45) is 10.9 Å². The van der Waals surface area contributed by atoms with Crippen LogP contribution >= 0.6 is 27.7 Å². The highest BCUT2D eigenvalue weighted by molar-refractivity contribution is 9.10. The van der Waals surface area contributed by atoms with Crippen molar-refractivity contribution in [1.82, 2.24) is 0 Å². The fourth-order valence-electron chi connectivity index (χ4n) is 1.60. The van der Waals surface area contributed by atoms with E-state index in [9.17, 15) is 4.39 Å². The average molecular weight is 355 g/mol. The van der Waals surface area contributed by atoms with Gasteiger partial charge in [-0.2, -0.15) is 0 Å². The lowest BCUT2D eigenvalue weighted by atomic mass is 10.1. The van der Waals surface area contributed by atoms with Crippen LogP contribution in [0.1, 0.15) is 11.1 Å². The van der Waals surface area contributed by atoms with E-state index in [2.05, 4.69) is 21.1 Å². The van der Waals surface area contributed by atoms with Crippen molar-refractivity contribution >= 4 is 33.5 Å². The standard InChI is InChI=1S/C14H12BrFN2OS/c15-11-2-1-3-12(7-11)20-8-10-5-4-9(6-13(10)16)14(17)18-19/h1-7,19H,8H2,(H2,17,18). The topological polar surface area (TPSA) is 58.6 Å². The zero-order chi connectivity index (χ0) is 14.5. The summed E-state index contributed by atoms with van der Waals surface area (Å²) < 4.78 is 14.9. The lowest BCUT2D eigenvalue weighted by Gasteiger charge is -2.06. The maximum absolute atomic E-state index is 13.9. The second kappa shape index (κ2) is 6.76. The summed E-state index contributed by atoms with van der Waals surface area (Å²) in [5.41, 5.74) is 6.35. The molecular formula is C14H12BrFN2OS.